The number of hydrogen-bond donors (Lipinski definition) is 2. The summed E-state index contributed by atoms with van der Waals surface area (Å²) in [7, 11) is 0. The van der Waals surface area contributed by atoms with E-state index in [0.29, 0.717) is 5.69 Å². The van der Waals surface area contributed by atoms with Gasteiger partial charge in [0.05, 0.1) is 12.0 Å². The van der Waals surface area contributed by atoms with E-state index in [4.69, 9.17) is 5.73 Å². The van der Waals surface area contributed by atoms with Crippen molar-refractivity contribution >= 4 is 0 Å². The lowest BCUT2D eigenvalue weighted by Crippen LogP contribution is -2.20. The number of nitrogens with zero attached hydrogens (tertiary/aromatic N) is 1. The van der Waals surface area contributed by atoms with Crippen molar-refractivity contribution in [1.29, 1.82) is 0 Å². The number of nitrogens with two attached hydrogens (primary N) is 1. The van der Waals surface area contributed by atoms with Gasteiger partial charge in [-0.3, -0.25) is 0 Å². The first-order chi connectivity index (χ1) is 5.13. The molecule has 11 heavy (non-hydrogen) atoms. The van der Waals surface area contributed by atoms with E-state index in [-0.39, 0.29) is 5.69 Å². The van der Waals surface area contributed by atoms with E-state index in [0.717, 1.165) is 0 Å². The number of halogens is 2. The quantitative estimate of drug-likeness (QED) is 0.679. The van der Waals surface area contributed by atoms with Crippen LogP contribution >= 0.6 is 0 Å². The number of hydrogen-bond acceptors (Lipinski definition) is 2. The van der Waals surface area contributed by atoms with Crippen molar-refractivity contribution in [2.24, 2.45) is 5.73 Å². The van der Waals surface area contributed by atoms with Crippen molar-refractivity contribution in [3.05, 3.63) is 17.7 Å². The second-order valence-electron chi connectivity index (χ2n) is 2.27. The Hall–Kier alpha value is -0.970. The average molecular weight is 161 g/mol. The van der Waals surface area contributed by atoms with Gasteiger partial charge in [-0.1, -0.05) is 0 Å². The topological polar surface area (TPSA) is 54.7 Å². The molecule has 1 aromatic heterocycles. The highest BCUT2D eigenvalue weighted by Gasteiger charge is 2.20. The van der Waals surface area contributed by atoms with Crippen molar-refractivity contribution in [3.8, 4) is 0 Å². The first kappa shape index (κ1) is 8.13. The van der Waals surface area contributed by atoms with Crippen LogP contribution in [0, 0.1) is 6.92 Å². The number of rotatable bonds is 2. The van der Waals surface area contributed by atoms with Crippen molar-refractivity contribution in [1.82, 2.24) is 9.97 Å². The smallest absolute Gasteiger partial charge is 0.259 e. The maximum absolute atomic E-state index is 12.0. The molecule has 0 amide bonds. The SMILES string of the molecule is Cc1[nH]cnc1C(N)C(F)F. The van der Waals surface area contributed by atoms with E-state index < -0.39 is 12.5 Å². The molecule has 0 spiro atoms. The first-order valence-electron chi connectivity index (χ1n) is 3.16. The largest absolute Gasteiger partial charge is 0.348 e. The third kappa shape index (κ3) is 1.54. The van der Waals surface area contributed by atoms with Crippen molar-refractivity contribution in [3.63, 3.8) is 0 Å². The highest BCUT2D eigenvalue weighted by atomic mass is 19.3. The molecule has 0 aromatic carbocycles. The van der Waals surface area contributed by atoms with E-state index in [2.05, 4.69) is 9.97 Å². The number of alkyl halides is 2. The van der Waals surface area contributed by atoms with Crippen LogP contribution in [0.15, 0.2) is 6.33 Å². The molecule has 62 valence electrons. The van der Waals surface area contributed by atoms with Gasteiger partial charge in [-0.15, -0.1) is 0 Å². The van der Waals surface area contributed by atoms with Crippen LogP contribution in [-0.4, -0.2) is 16.4 Å². The van der Waals surface area contributed by atoms with Crippen LogP contribution in [0.4, 0.5) is 8.78 Å². The molecule has 0 radical (unpaired) electrons. The van der Waals surface area contributed by atoms with Gasteiger partial charge in [0.1, 0.15) is 6.04 Å². The molecular weight excluding hydrogens is 152 g/mol. The lowest BCUT2D eigenvalue weighted by Gasteiger charge is -2.07. The Bertz CT molecular complexity index is 233. The zero-order valence-electron chi connectivity index (χ0n) is 6.01. The lowest BCUT2D eigenvalue weighted by molar-refractivity contribution is 0.114. The average Bonchev–Trinajstić information content (AvgIpc) is 2.33. The molecular formula is C6H9F2N3. The number of aromatic amines is 1. The molecule has 1 heterocycles. The lowest BCUT2D eigenvalue weighted by atomic mass is 10.2. The molecule has 0 fully saturated rings. The van der Waals surface area contributed by atoms with Crippen LogP contribution in [0.3, 0.4) is 0 Å². The van der Waals surface area contributed by atoms with E-state index in [1.807, 2.05) is 0 Å². The highest BCUT2D eigenvalue weighted by molar-refractivity contribution is 5.13. The number of imidazole rings is 1. The Morgan fingerprint density at radius 1 is 1.64 bits per heavy atom. The van der Waals surface area contributed by atoms with Crippen LogP contribution in [-0.2, 0) is 0 Å². The molecule has 0 saturated carbocycles. The molecule has 0 saturated heterocycles. The highest BCUT2D eigenvalue weighted by Crippen LogP contribution is 2.17. The van der Waals surface area contributed by atoms with Crippen LogP contribution in [0.1, 0.15) is 17.4 Å². The van der Waals surface area contributed by atoms with Gasteiger partial charge in [-0.05, 0) is 6.92 Å². The summed E-state index contributed by atoms with van der Waals surface area (Å²) < 4.78 is 24.0. The Balaban J connectivity index is 2.84. The first-order valence-corrected chi connectivity index (χ1v) is 3.16. The molecule has 0 aliphatic carbocycles. The second-order valence-corrected chi connectivity index (χ2v) is 2.27. The normalized spacial score (nSPS) is 13.9. The maximum Gasteiger partial charge on any atom is 0.259 e. The standard InChI is InChI=1S/C6H9F2N3/c1-3-5(11-2-10-3)4(9)6(7)8/h2,4,6H,9H2,1H3,(H,10,11). The van der Waals surface area contributed by atoms with Gasteiger partial charge in [0.2, 0.25) is 0 Å². The molecule has 5 heteroatoms. The van der Waals surface area contributed by atoms with Gasteiger partial charge in [-0.25, -0.2) is 13.8 Å². The summed E-state index contributed by atoms with van der Waals surface area (Å²) in [5, 5.41) is 0. The number of H-pyrrole nitrogens is 1. The third-order valence-corrected chi connectivity index (χ3v) is 1.46. The molecule has 0 aliphatic rings. The number of aromatic nitrogens is 2. The van der Waals surface area contributed by atoms with E-state index in [9.17, 15) is 8.78 Å². The van der Waals surface area contributed by atoms with Crippen LogP contribution in [0.25, 0.3) is 0 Å². The summed E-state index contributed by atoms with van der Waals surface area (Å²) in [6.45, 7) is 1.66. The molecule has 1 unspecified atom stereocenters. The molecule has 0 aliphatic heterocycles. The van der Waals surface area contributed by atoms with Gasteiger partial charge in [0, 0.05) is 5.69 Å². The summed E-state index contributed by atoms with van der Waals surface area (Å²) in [6, 6.07) is -1.28. The molecule has 1 aromatic rings. The van der Waals surface area contributed by atoms with E-state index in [1.165, 1.54) is 6.33 Å². The van der Waals surface area contributed by atoms with Gasteiger partial charge >= 0.3 is 0 Å². The summed E-state index contributed by atoms with van der Waals surface area (Å²) in [4.78, 5) is 6.36. The van der Waals surface area contributed by atoms with Gasteiger partial charge < -0.3 is 10.7 Å². The molecule has 1 rings (SSSR count). The number of nitrogens with one attached hydrogen (secondary N) is 1. The Labute approximate surface area is 62.6 Å². The monoisotopic (exact) mass is 161 g/mol. The fourth-order valence-electron chi connectivity index (χ4n) is 0.825. The molecule has 0 bridgehead atoms. The minimum absolute atomic E-state index is 0.236. The van der Waals surface area contributed by atoms with Gasteiger partial charge in [-0.2, -0.15) is 0 Å². The zero-order chi connectivity index (χ0) is 8.43. The predicted octanol–water partition coefficient (Wildman–Crippen LogP) is 0.983. The minimum atomic E-state index is -2.56. The van der Waals surface area contributed by atoms with E-state index in [1.54, 1.807) is 6.92 Å². The molecule has 1 atom stereocenters. The van der Waals surface area contributed by atoms with Gasteiger partial charge in [0.15, 0.2) is 0 Å². The van der Waals surface area contributed by atoms with Crippen molar-refractivity contribution in [2.75, 3.05) is 0 Å². The van der Waals surface area contributed by atoms with Crippen LogP contribution in [0.5, 0.6) is 0 Å². The second kappa shape index (κ2) is 2.96. The Kier molecular flexibility index (Phi) is 2.19. The van der Waals surface area contributed by atoms with E-state index >= 15 is 0 Å². The fourth-order valence-corrected chi connectivity index (χ4v) is 0.825. The zero-order valence-corrected chi connectivity index (χ0v) is 6.01. The number of aryl methyl sites for hydroxylation is 1. The van der Waals surface area contributed by atoms with Crippen LogP contribution in [0.2, 0.25) is 0 Å². The summed E-state index contributed by atoms with van der Waals surface area (Å²) >= 11 is 0. The Morgan fingerprint density at radius 2 is 2.27 bits per heavy atom. The summed E-state index contributed by atoms with van der Waals surface area (Å²) in [6.07, 6.45) is -1.20. The minimum Gasteiger partial charge on any atom is -0.348 e. The third-order valence-electron chi connectivity index (χ3n) is 1.46. The molecule has 3 nitrogen and oxygen atoms in total. The Morgan fingerprint density at radius 3 is 2.64 bits per heavy atom. The maximum atomic E-state index is 12.0. The van der Waals surface area contributed by atoms with Crippen molar-refractivity contribution < 1.29 is 8.78 Å². The van der Waals surface area contributed by atoms with Gasteiger partial charge in [0.25, 0.3) is 6.43 Å². The summed E-state index contributed by atoms with van der Waals surface area (Å²) in [5.41, 5.74) is 5.98. The van der Waals surface area contributed by atoms with Crippen molar-refractivity contribution in [2.45, 2.75) is 19.4 Å². The summed E-state index contributed by atoms with van der Waals surface area (Å²) in [5.74, 6) is 0. The molecule has 3 N–H and O–H groups in total. The predicted molar refractivity (Wildman–Crippen MR) is 36.3 cm³/mol. The van der Waals surface area contributed by atoms with Crippen LogP contribution < -0.4 is 5.73 Å². The fraction of sp³-hybridized carbons (Fsp3) is 0.500.